The van der Waals surface area contributed by atoms with E-state index in [9.17, 15) is 8.42 Å². The van der Waals surface area contributed by atoms with Crippen molar-refractivity contribution in [3.63, 3.8) is 0 Å². The number of sulfone groups is 1. The molecule has 0 amide bonds. The van der Waals surface area contributed by atoms with Crippen LogP contribution in [0.4, 0.5) is 0 Å². The first-order valence-electron chi connectivity index (χ1n) is 7.51. The molecule has 0 aliphatic carbocycles. The van der Waals surface area contributed by atoms with Gasteiger partial charge in [-0.1, -0.05) is 35.9 Å². The lowest BCUT2D eigenvalue weighted by molar-refractivity contribution is 0.591. The van der Waals surface area contributed by atoms with Crippen LogP contribution >= 0.6 is 0 Å². The Kier molecular flexibility index (Phi) is 3.18. The number of fused-ring (bicyclic) bond motifs is 3. The molecule has 0 spiro atoms. The van der Waals surface area contributed by atoms with Crippen molar-refractivity contribution in [3.05, 3.63) is 60.3 Å². The summed E-state index contributed by atoms with van der Waals surface area (Å²) in [5.41, 5.74) is 2.53. The maximum atomic E-state index is 13.1. The number of rotatable bonds is 2. The van der Waals surface area contributed by atoms with Crippen LogP contribution < -0.4 is 0 Å². The van der Waals surface area contributed by atoms with E-state index in [1.807, 2.05) is 42.8 Å². The quantitative estimate of drug-likeness (QED) is 0.563. The Morgan fingerprint density at radius 1 is 0.958 bits per heavy atom. The summed E-state index contributed by atoms with van der Waals surface area (Å²) in [7, 11) is -1.90. The maximum absolute atomic E-state index is 13.1. The summed E-state index contributed by atoms with van der Waals surface area (Å²) in [4.78, 5) is 0.222. The van der Waals surface area contributed by atoms with Crippen molar-refractivity contribution in [2.45, 2.75) is 16.8 Å². The predicted molar refractivity (Wildman–Crippen MR) is 92.6 cm³/mol. The van der Waals surface area contributed by atoms with Gasteiger partial charge in [-0.2, -0.15) is 5.10 Å². The molecule has 24 heavy (non-hydrogen) atoms. The van der Waals surface area contributed by atoms with Crippen LogP contribution in [0.5, 0.6) is 0 Å². The molecule has 6 heteroatoms. The van der Waals surface area contributed by atoms with Crippen molar-refractivity contribution >= 4 is 31.6 Å². The van der Waals surface area contributed by atoms with Gasteiger partial charge < -0.3 is 4.57 Å². The summed E-state index contributed by atoms with van der Waals surface area (Å²) in [5.74, 6) is 0. The number of aromatic nitrogens is 3. The van der Waals surface area contributed by atoms with Crippen LogP contribution in [-0.4, -0.2) is 23.2 Å². The number of hydrogen-bond donors (Lipinski definition) is 0. The van der Waals surface area contributed by atoms with Crippen LogP contribution in [0.2, 0.25) is 0 Å². The highest BCUT2D eigenvalue weighted by Gasteiger charge is 2.25. The van der Waals surface area contributed by atoms with Gasteiger partial charge in [0.2, 0.25) is 14.9 Å². The number of aryl methyl sites for hydroxylation is 2. The Hall–Kier alpha value is -2.73. The minimum Gasteiger partial charge on any atom is -0.341 e. The monoisotopic (exact) mass is 337 g/mol. The third kappa shape index (κ3) is 2.03. The van der Waals surface area contributed by atoms with E-state index in [2.05, 4.69) is 10.2 Å². The molecule has 0 radical (unpaired) electrons. The molecule has 0 aliphatic heterocycles. The van der Waals surface area contributed by atoms with Gasteiger partial charge in [0.1, 0.15) is 0 Å². The molecule has 0 atom stereocenters. The van der Waals surface area contributed by atoms with Crippen molar-refractivity contribution < 1.29 is 8.42 Å². The zero-order chi connectivity index (χ0) is 16.9. The van der Waals surface area contributed by atoms with E-state index in [0.717, 1.165) is 21.9 Å². The summed E-state index contributed by atoms with van der Waals surface area (Å²) in [6.07, 6.45) is 1.62. The fourth-order valence-corrected chi connectivity index (χ4v) is 4.38. The van der Waals surface area contributed by atoms with Gasteiger partial charge in [-0.05, 0) is 25.1 Å². The van der Waals surface area contributed by atoms with Crippen LogP contribution in [-0.2, 0) is 16.9 Å². The van der Waals surface area contributed by atoms with Gasteiger partial charge in [-0.15, -0.1) is 5.10 Å². The average Bonchev–Trinajstić information content (AvgIpc) is 2.89. The normalized spacial score (nSPS) is 12.1. The van der Waals surface area contributed by atoms with E-state index < -0.39 is 9.84 Å². The first kappa shape index (κ1) is 14.8. The highest BCUT2D eigenvalue weighted by molar-refractivity contribution is 7.91. The minimum atomic E-state index is -3.75. The van der Waals surface area contributed by atoms with Gasteiger partial charge in [0, 0.05) is 23.3 Å². The molecule has 0 N–H and O–H groups in total. The van der Waals surface area contributed by atoms with E-state index in [0.29, 0.717) is 5.52 Å². The van der Waals surface area contributed by atoms with E-state index in [1.54, 1.807) is 30.5 Å². The molecule has 120 valence electrons. The lowest BCUT2D eigenvalue weighted by Gasteiger charge is -2.07. The molecular formula is C18H15N3O2S. The Balaban J connectivity index is 2.09. The molecule has 2 heterocycles. The number of nitrogens with zero attached hydrogens (tertiary/aromatic N) is 3. The third-order valence-electron chi connectivity index (χ3n) is 4.27. The molecule has 2 aromatic heterocycles. The molecule has 0 saturated carbocycles. The average molecular weight is 337 g/mol. The molecule has 4 aromatic rings. The molecular weight excluding hydrogens is 322 g/mol. The smallest absolute Gasteiger partial charge is 0.227 e. The maximum Gasteiger partial charge on any atom is 0.227 e. The van der Waals surface area contributed by atoms with Gasteiger partial charge in [0.05, 0.1) is 16.6 Å². The number of hydrogen-bond acceptors (Lipinski definition) is 4. The lowest BCUT2D eigenvalue weighted by Crippen LogP contribution is -2.08. The Bertz CT molecular complexity index is 1180. The van der Waals surface area contributed by atoms with Gasteiger partial charge in [-0.3, -0.25) is 0 Å². The van der Waals surface area contributed by atoms with E-state index in [4.69, 9.17) is 0 Å². The molecule has 2 aromatic carbocycles. The van der Waals surface area contributed by atoms with Crippen molar-refractivity contribution in [2.75, 3.05) is 0 Å². The van der Waals surface area contributed by atoms with Gasteiger partial charge >= 0.3 is 0 Å². The molecule has 0 unspecified atom stereocenters. The second kappa shape index (κ2) is 5.14. The summed E-state index contributed by atoms with van der Waals surface area (Å²) >= 11 is 0. The van der Waals surface area contributed by atoms with Crippen LogP contribution in [0.25, 0.3) is 21.8 Å². The molecule has 0 fully saturated rings. The minimum absolute atomic E-state index is 0.0115. The van der Waals surface area contributed by atoms with Gasteiger partial charge in [0.15, 0.2) is 0 Å². The SMILES string of the molecule is Cc1ccc(S(=O)(=O)c2nncc3c4ccccc4n(C)c23)cc1. The fourth-order valence-electron chi connectivity index (χ4n) is 3.01. The summed E-state index contributed by atoms with van der Waals surface area (Å²) in [5, 5.41) is 9.66. The first-order valence-corrected chi connectivity index (χ1v) is 8.99. The Morgan fingerprint density at radius 2 is 1.67 bits per heavy atom. The standard InChI is InChI=1S/C18H15N3O2S/c1-12-7-9-13(10-8-12)24(22,23)18-17-15(11-19-20-18)14-5-3-4-6-16(14)21(17)2/h3-11H,1-2H3. The number of para-hydroxylation sites is 1. The lowest BCUT2D eigenvalue weighted by atomic mass is 10.2. The molecule has 0 saturated heterocycles. The van der Waals surface area contributed by atoms with Crippen LogP contribution in [0.15, 0.2) is 64.6 Å². The van der Waals surface area contributed by atoms with Crippen LogP contribution in [0.1, 0.15) is 5.56 Å². The van der Waals surface area contributed by atoms with Crippen LogP contribution in [0, 0.1) is 6.92 Å². The molecule has 4 rings (SSSR count). The van der Waals surface area contributed by atoms with Crippen LogP contribution in [0.3, 0.4) is 0 Å². The van der Waals surface area contributed by atoms with Crippen molar-refractivity contribution in [1.29, 1.82) is 0 Å². The number of benzene rings is 2. The van der Waals surface area contributed by atoms with E-state index >= 15 is 0 Å². The zero-order valence-electron chi connectivity index (χ0n) is 13.3. The van der Waals surface area contributed by atoms with Gasteiger partial charge in [-0.25, -0.2) is 8.42 Å². The Morgan fingerprint density at radius 3 is 2.42 bits per heavy atom. The van der Waals surface area contributed by atoms with Crippen molar-refractivity contribution in [3.8, 4) is 0 Å². The summed E-state index contributed by atoms with van der Waals surface area (Å²) in [6.45, 7) is 1.92. The highest BCUT2D eigenvalue weighted by Crippen LogP contribution is 2.32. The van der Waals surface area contributed by atoms with Gasteiger partial charge in [0.25, 0.3) is 0 Å². The van der Waals surface area contributed by atoms with Crippen molar-refractivity contribution in [1.82, 2.24) is 14.8 Å². The van der Waals surface area contributed by atoms with E-state index in [-0.39, 0.29) is 9.92 Å². The highest BCUT2D eigenvalue weighted by atomic mass is 32.2. The predicted octanol–water partition coefficient (Wildman–Crippen LogP) is 3.26. The van der Waals surface area contributed by atoms with Crippen molar-refractivity contribution in [2.24, 2.45) is 7.05 Å². The molecule has 0 bridgehead atoms. The fraction of sp³-hybridized carbons (Fsp3) is 0.111. The topological polar surface area (TPSA) is 64.8 Å². The first-order chi connectivity index (χ1) is 11.5. The summed E-state index contributed by atoms with van der Waals surface area (Å²) < 4.78 is 28.0. The summed E-state index contributed by atoms with van der Waals surface area (Å²) in [6, 6.07) is 14.5. The molecule has 5 nitrogen and oxygen atoms in total. The molecule has 0 aliphatic rings. The second-order valence-corrected chi connectivity index (χ2v) is 7.67. The largest absolute Gasteiger partial charge is 0.341 e. The third-order valence-corrected chi connectivity index (χ3v) is 5.95. The second-order valence-electron chi connectivity index (χ2n) is 5.80. The van der Waals surface area contributed by atoms with E-state index in [1.165, 1.54) is 0 Å². The Labute approximate surface area is 139 Å². The zero-order valence-corrected chi connectivity index (χ0v) is 14.1.